The van der Waals surface area contributed by atoms with E-state index in [1.54, 1.807) is 0 Å². The van der Waals surface area contributed by atoms with E-state index in [0.717, 1.165) is 15.7 Å². The minimum Gasteiger partial charge on any atom is -0.235 e. The maximum Gasteiger partial charge on any atom is 0.136 e. The Morgan fingerprint density at radius 2 is 1.56 bits per heavy atom. The lowest BCUT2D eigenvalue weighted by Crippen LogP contribution is -1.89. The monoisotopic (exact) mass is 293 g/mol. The maximum atomic E-state index is 6.14. The van der Waals surface area contributed by atoms with Crippen LogP contribution in [0.15, 0.2) is 64.1 Å². The molecule has 0 saturated heterocycles. The van der Waals surface area contributed by atoms with Crippen molar-refractivity contribution in [3.05, 3.63) is 64.6 Å². The highest BCUT2D eigenvalue weighted by molar-refractivity contribution is 9.10. The standard InChI is InChI=1S/C13H9BrClN/c14-11-8-4-5-9-12(11)16-13(15)10-6-2-1-3-7-10/h1-9H. The fourth-order valence-corrected chi connectivity index (χ4v) is 1.88. The van der Waals surface area contributed by atoms with Gasteiger partial charge in [-0.2, -0.15) is 0 Å². The molecule has 0 fully saturated rings. The Labute approximate surface area is 108 Å². The van der Waals surface area contributed by atoms with Crippen LogP contribution in [-0.4, -0.2) is 5.17 Å². The molecule has 0 atom stereocenters. The zero-order valence-corrected chi connectivity index (χ0v) is 10.7. The van der Waals surface area contributed by atoms with Crippen LogP contribution in [0.2, 0.25) is 0 Å². The SMILES string of the molecule is ClC(=Nc1ccccc1Br)c1ccccc1. The molecule has 0 aliphatic rings. The van der Waals surface area contributed by atoms with E-state index in [4.69, 9.17) is 11.6 Å². The Kier molecular flexibility index (Phi) is 3.75. The van der Waals surface area contributed by atoms with Crippen LogP contribution in [-0.2, 0) is 0 Å². The molecule has 16 heavy (non-hydrogen) atoms. The Morgan fingerprint density at radius 3 is 2.25 bits per heavy atom. The van der Waals surface area contributed by atoms with E-state index in [-0.39, 0.29) is 0 Å². The zero-order valence-electron chi connectivity index (χ0n) is 8.40. The van der Waals surface area contributed by atoms with Gasteiger partial charge >= 0.3 is 0 Å². The Balaban J connectivity index is 2.36. The quantitative estimate of drug-likeness (QED) is 0.708. The fraction of sp³-hybridized carbons (Fsp3) is 0. The highest BCUT2D eigenvalue weighted by atomic mass is 79.9. The third-order valence-electron chi connectivity index (χ3n) is 2.08. The number of hydrogen-bond acceptors (Lipinski definition) is 1. The second kappa shape index (κ2) is 5.28. The number of para-hydroxylation sites is 1. The molecule has 1 nitrogen and oxygen atoms in total. The molecule has 2 aromatic rings. The molecule has 0 aliphatic heterocycles. The van der Waals surface area contributed by atoms with Gasteiger partial charge in [0.2, 0.25) is 0 Å². The fourth-order valence-electron chi connectivity index (χ4n) is 1.29. The van der Waals surface area contributed by atoms with Gasteiger partial charge in [0.1, 0.15) is 5.17 Å². The van der Waals surface area contributed by atoms with E-state index >= 15 is 0 Å². The zero-order chi connectivity index (χ0) is 11.4. The lowest BCUT2D eigenvalue weighted by atomic mass is 10.2. The molecule has 0 heterocycles. The summed E-state index contributed by atoms with van der Waals surface area (Å²) < 4.78 is 0.934. The van der Waals surface area contributed by atoms with Crippen LogP contribution in [0, 0.1) is 0 Å². The lowest BCUT2D eigenvalue weighted by Gasteiger charge is -2.00. The molecule has 0 spiro atoms. The maximum absolute atomic E-state index is 6.14. The minimum atomic E-state index is 0.493. The Bertz CT molecular complexity index is 508. The van der Waals surface area contributed by atoms with Gasteiger partial charge < -0.3 is 0 Å². The minimum absolute atomic E-state index is 0.493. The van der Waals surface area contributed by atoms with Crippen LogP contribution >= 0.6 is 27.5 Å². The molecular formula is C13H9BrClN. The summed E-state index contributed by atoms with van der Waals surface area (Å²) in [6.45, 7) is 0. The summed E-state index contributed by atoms with van der Waals surface area (Å²) in [6, 6.07) is 17.4. The highest BCUT2D eigenvalue weighted by Gasteiger charge is 2.01. The number of benzene rings is 2. The molecule has 3 heteroatoms. The van der Waals surface area contributed by atoms with Crippen molar-refractivity contribution < 1.29 is 0 Å². The van der Waals surface area contributed by atoms with Crippen LogP contribution in [0.4, 0.5) is 5.69 Å². The number of halogens is 2. The van der Waals surface area contributed by atoms with E-state index in [0.29, 0.717) is 5.17 Å². The molecule has 0 bridgehead atoms. The first-order valence-corrected chi connectivity index (χ1v) is 5.98. The summed E-state index contributed by atoms with van der Waals surface area (Å²) in [5.41, 5.74) is 1.75. The molecule has 0 unspecified atom stereocenters. The van der Waals surface area contributed by atoms with Crippen LogP contribution in [0.3, 0.4) is 0 Å². The van der Waals surface area contributed by atoms with Gasteiger partial charge in [0, 0.05) is 10.0 Å². The molecule has 2 aromatic carbocycles. The highest BCUT2D eigenvalue weighted by Crippen LogP contribution is 2.25. The summed E-state index contributed by atoms with van der Waals surface area (Å²) >= 11 is 9.57. The van der Waals surface area contributed by atoms with Crippen molar-refractivity contribution in [1.29, 1.82) is 0 Å². The first kappa shape index (κ1) is 11.4. The van der Waals surface area contributed by atoms with Gasteiger partial charge in [0.25, 0.3) is 0 Å². The van der Waals surface area contributed by atoms with Gasteiger partial charge in [-0.15, -0.1) is 0 Å². The van der Waals surface area contributed by atoms with E-state index in [2.05, 4.69) is 20.9 Å². The van der Waals surface area contributed by atoms with Crippen LogP contribution in [0.25, 0.3) is 0 Å². The van der Waals surface area contributed by atoms with Gasteiger partial charge in [-0.3, -0.25) is 0 Å². The number of aliphatic imine (C=N–C) groups is 1. The summed E-state index contributed by atoms with van der Waals surface area (Å²) in [6.07, 6.45) is 0. The van der Waals surface area contributed by atoms with Crippen LogP contribution in [0.1, 0.15) is 5.56 Å². The third kappa shape index (κ3) is 2.71. The van der Waals surface area contributed by atoms with E-state index < -0.39 is 0 Å². The first-order valence-electron chi connectivity index (χ1n) is 4.81. The predicted octanol–water partition coefficient (Wildman–Crippen LogP) is 4.77. The van der Waals surface area contributed by atoms with Gasteiger partial charge in [-0.25, -0.2) is 4.99 Å². The van der Waals surface area contributed by atoms with Crippen molar-refractivity contribution in [2.24, 2.45) is 4.99 Å². The number of nitrogens with zero attached hydrogens (tertiary/aromatic N) is 1. The van der Waals surface area contributed by atoms with Gasteiger partial charge in [-0.05, 0) is 28.1 Å². The molecule has 0 aliphatic carbocycles. The van der Waals surface area contributed by atoms with Gasteiger partial charge in [-0.1, -0.05) is 54.1 Å². The second-order valence-corrected chi connectivity index (χ2v) is 4.43. The lowest BCUT2D eigenvalue weighted by molar-refractivity contribution is 1.49. The Hall–Kier alpha value is -1.12. The molecule has 0 radical (unpaired) electrons. The molecule has 0 amide bonds. The molecular weight excluding hydrogens is 286 g/mol. The van der Waals surface area contributed by atoms with Crippen molar-refractivity contribution in [2.75, 3.05) is 0 Å². The second-order valence-electron chi connectivity index (χ2n) is 3.22. The van der Waals surface area contributed by atoms with Gasteiger partial charge in [0.15, 0.2) is 0 Å². The Morgan fingerprint density at radius 1 is 0.938 bits per heavy atom. The smallest absolute Gasteiger partial charge is 0.136 e. The first-order chi connectivity index (χ1) is 7.77. The average Bonchev–Trinajstić information content (AvgIpc) is 2.33. The third-order valence-corrected chi connectivity index (χ3v) is 3.06. The normalized spacial score (nSPS) is 11.5. The topological polar surface area (TPSA) is 12.4 Å². The van der Waals surface area contributed by atoms with Gasteiger partial charge in [0.05, 0.1) is 5.69 Å². The molecule has 2 rings (SSSR count). The predicted molar refractivity (Wildman–Crippen MR) is 72.6 cm³/mol. The van der Waals surface area contributed by atoms with Crippen molar-refractivity contribution in [3.63, 3.8) is 0 Å². The molecule has 80 valence electrons. The summed E-state index contributed by atoms with van der Waals surface area (Å²) in [7, 11) is 0. The number of rotatable bonds is 2. The summed E-state index contributed by atoms with van der Waals surface area (Å²) in [5, 5.41) is 0.493. The summed E-state index contributed by atoms with van der Waals surface area (Å²) in [4.78, 5) is 4.36. The molecule has 0 N–H and O–H groups in total. The molecule has 0 saturated carbocycles. The van der Waals surface area contributed by atoms with Crippen molar-refractivity contribution in [1.82, 2.24) is 0 Å². The van der Waals surface area contributed by atoms with E-state index in [1.807, 2.05) is 54.6 Å². The van der Waals surface area contributed by atoms with Crippen molar-refractivity contribution >= 4 is 38.4 Å². The van der Waals surface area contributed by atoms with Crippen LogP contribution in [0.5, 0.6) is 0 Å². The largest absolute Gasteiger partial charge is 0.235 e. The van der Waals surface area contributed by atoms with E-state index in [1.165, 1.54) is 0 Å². The number of hydrogen-bond donors (Lipinski definition) is 0. The van der Waals surface area contributed by atoms with Crippen LogP contribution < -0.4 is 0 Å². The van der Waals surface area contributed by atoms with Crippen molar-refractivity contribution in [2.45, 2.75) is 0 Å². The summed E-state index contributed by atoms with van der Waals surface area (Å²) in [5.74, 6) is 0. The van der Waals surface area contributed by atoms with Crippen molar-refractivity contribution in [3.8, 4) is 0 Å². The average molecular weight is 295 g/mol. The molecule has 0 aromatic heterocycles. The van der Waals surface area contributed by atoms with E-state index in [9.17, 15) is 0 Å².